The first kappa shape index (κ1) is 16.4. The molecule has 0 aliphatic heterocycles. The van der Waals surface area contributed by atoms with E-state index in [0.717, 1.165) is 29.0 Å². The maximum Gasteiger partial charge on any atom is 0.121 e. The van der Waals surface area contributed by atoms with Gasteiger partial charge in [-0.2, -0.15) is 0 Å². The van der Waals surface area contributed by atoms with Gasteiger partial charge in [0.1, 0.15) is 11.9 Å². The van der Waals surface area contributed by atoms with Gasteiger partial charge in [0.25, 0.3) is 0 Å². The Kier molecular flexibility index (Phi) is 5.12. The molecule has 1 atom stereocenters. The fourth-order valence-electron chi connectivity index (χ4n) is 2.67. The molecular formula is C20H27NO. The topological polar surface area (TPSA) is 35.2 Å². The summed E-state index contributed by atoms with van der Waals surface area (Å²) in [5.41, 5.74) is 11.5. The van der Waals surface area contributed by atoms with Crippen LogP contribution in [0.2, 0.25) is 0 Å². The minimum absolute atomic E-state index is 0.0236. The van der Waals surface area contributed by atoms with Crippen molar-refractivity contribution in [1.29, 1.82) is 0 Å². The van der Waals surface area contributed by atoms with Gasteiger partial charge in [-0.3, -0.25) is 0 Å². The monoisotopic (exact) mass is 297 g/mol. The van der Waals surface area contributed by atoms with Crippen molar-refractivity contribution in [1.82, 2.24) is 0 Å². The molecule has 0 aliphatic carbocycles. The van der Waals surface area contributed by atoms with Crippen LogP contribution >= 0.6 is 0 Å². The molecule has 2 N–H and O–H groups in total. The first-order valence-electron chi connectivity index (χ1n) is 7.99. The van der Waals surface area contributed by atoms with Gasteiger partial charge in [0.2, 0.25) is 0 Å². The molecule has 2 aromatic carbocycles. The van der Waals surface area contributed by atoms with E-state index in [2.05, 4.69) is 45.0 Å². The van der Waals surface area contributed by atoms with Crippen molar-refractivity contribution in [2.75, 3.05) is 5.73 Å². The van der Waals surface area contributed by atoms with Gasteiger partial charge < -0.3 is 10.5 Å². The summed E-state index contributed by atoms with van der Waals surface area (Å²) in [6.45, 7) is 10.6. The molecule has 1 unspecified atom stereocenters. The van der Waals surface area contributed by atoms with Gasteiger partial charge >= 0.3 is 0 Å². The third-order valence-corrected chi connectivity index (χ3v) is 3.97. The van der Waals surface area contributed by atoms with Crippen molar-refractivity contribution in [3.05, 3.63) is 58.7 Å². The van der Waals surface area contributed by atoms with Crippen LogP contribution in [-0.2, 0) is 6.42 Å². The highest BCUT2D eigenvalue weighted by Crippen LogP contribution is 2.27. The predicted molar refractivity (Wildman–Crippen MR) is 94.4 cm³/mol. The van der Waals surface area contributed by atoms with Gasteiger partial charge in [0.15, 0.2) is 0 Å². The average molecular weight is 297 g/mol. The number of benzene rings is 2. The van der Waals surface area contributed by atoms with Crippen molar-refractivity contribution in [2.24, 2.45) is 5.92 Å². The quantitative estimate of drug-likeness (QED) is 0.767. The molecule has 0 aliphatic rings. The Hall–Kier alpha value is -1.96. The minimum atomic E-state index is 0.0236. The highest BCUT2D eigenvalue weighted by atomic mass is 16.5. The Labute approximate surface area is 134 Å². The maximum atomic E-state index is 6.08. The number of hydrogen-bond acceptors (Lipinski definition) is 2. The molecule has 2 nitrogen and oxygen atoms in total. The highest BCUT2D eigenvalue weighted by Gasteiger charge is 2.10. The van der Waals surface area contributed by atoms with E-state index < -0.39 is 0 Å². The number of nitrogens with two attached hydrogens (primary N) is 1. The fraction of sp³-hybridized carbons (Fsp3) is 0.400. The molecule has 0 saturated heterocycles. The molecule has 0 radical (unpaired) electrons. The van der Waals surface area contributed by atoms with Crippen molar-refractivity contribution in [2.45, 2.75) is 47.1 Å². The Morgan fingerprint density at radius 2 is 1.50 bits per heavy atom. The van der Waals surface area contributed by atoms with Gasteiger partial charge in [-0.15, -0.1) is 0 Å². The smallest absolute Gasteiger partial charge is 0.121 e. The highest BCUT2D eigenvalue weighted by molar-refractivity contribution is 5.56. The fourth-order valence-corrected chi connectivity index (χ4v) is 2.67. The molecule has 0 spiro atoms. The average Bonchev–Trinajstić information content (AvgIpc) is 2.44. The van der Waals surface area contributed by atoms with Gasteiger partial charge in [0, 0.05) is 5.69 Å². The predicted octanol–water partition coefficient (Wildman–Crippen LogP) is 5.22. The lowest BCUT2D eigenvalue weighted by Crippen LogP contribution is -2.05. The first-order valence-corrected chi connectivity index (χ1v) is 7.99. The summed E-state index contributed by atoms with van der Waals surface area (Å²) >= 11 is 0. The van der Waals surface area contributed by atoms with Gasteiger partial charge in [0.05, 0.1) is 0 Å². The Morgan fingerprint density at radius 1 is 0.955 bits per heavy atom. The van der Waals surface area contributed by atoms with Crippen molar-refractivity contribution < 1.29 is 4.74 Å². The zero-order valence-electron chi connectivity index (χ0n) is 14.3. The molecule has 0 amide bonds. The summed E-state index contributed by atoms with van der Waals surface area (Å²) in [5, 5.41) is 0. The van der Waals surface area contributed by atoms with Crippen LogP contribution in [0.15, 0.2) is 36.4 Å². The second-order valence-corrected chi connectivity index (χ2v) is 6.57. The van der Waals surface area contributed by atoms with Gasteiger partial charge in [-0.25, -0.2) is 0 Å². The standard InChI is InChI=1S/C20H27NO/c1-13(2)10-17-6-8-18(9-7-17)16(5)22-19-11-14(3)20(21)15(4)12-19/h6-9,11-13,16H,10,21H2,1-5H3. The van der Waals surface area contributed by atoms with E-state index >= 15 is 0 Å². The third-order valence-electron chi connectivity index (χ3n) is 3.97. The maximum absolute atomic E-state index is 6.08. The van der Waals surface area contributed by atoms with Crippen LogP contribution in [-0.4, -0.2) is 0 Å². The summed E-state index contributed by atoms with van der Waals surface area (Å²) in [5.74, 6) is 1.56. The van der Waals surface area contributed by atoms with E-state index in [0.29, 0.717) is 5.92 Å². The molecule has 0 aromatic heterocycles. The molecule has 0 fully saturated rings. The number of hydrogen-bond donors (Lipinski definition) is 1. The number of rotatable bonds is 5. The summed E-state index contributed by atoms with van der Waals surface area (Å²) in [6.07, 6.45) is 1.14. The van der Waals surface area contributed by atoms with Gasteiger partial charge in [-0.1, -0.05) is 38.1 Å². The summed E-state index contributed by atoms with van der Waals surface area (Å²) in [4.78, 5) is 0. The second kappa shape index (κ2) is 6.87. The molecule has 0 saturated carbocycles. The van der Waals surface area contributed by atoms with E-state index in [1.165, 1.54) is 11.1 Å². The summed E-state index contributed by atoms with van der Waals surface area (Å²) in [6, 6.07) is 12.8. The van der Waals surface area contributed by atoms with Crippen LogP contribution in [0.3, 0.4) is 0 Å². The van der Waals surface area contributed by atoms with Crippen molar-refractivity contribution in [3.8, 4) is 5.75 Å². The number of anilines is 1. The van der Waals surface area contributed by atoms with E-state index in [-0.39, 0.29) is 6.10 Å². The largest absolute Gasteiger partial charge is 0.486 e. The summed E-state index contributed by atoms with van der Waals surface area (Å²) in [7, 11) is 0. The molecule has 0 bridgehead atoms. The molecule has 2 rings (SSSR count). The van der Waals surface area contributed by atoms with Crippen LogP contribution < -0.4 is 10.5 Å². The second-order valence-electron chi connectivity index (χ2n) is 6.57. The third kappa shape index (κ3) is 4.03. The van der Waals surface area contributed by atoms with E-state index in [4.69, 9.17) is 10.5 Å². The zero-order valence-corrected chi connectivity index (χ0v) is 14.3. The SMILES string of the molecule is Cc1cc(OC(C)c2ccc(CC(C)C)cc2)cc(C)c1N. The lowest BCUT2D eigenvalue weighted by molar-refractivity contribution is 0.226. The minimum Gasteiger partial charge on any atom is -0.486 e. The lowest BCUT2D eigenvalue weighted by Gasteiger charge is -2.17. The number of ether oxygens (including phenoxy) is 1. The van der Waals surface area contributed by atoms with E-state index in [1.807, 2.05) is 26.0 Å². The molecule has 2 heteroatoms. The molecule has 0 heterocycles. The lowest BCUT2D eigenvalue weighted by atomic mass is 10.0. The zero-order chi connectivity index (χ0) is 16.3. The van der Waals surface area contributed by atoms with Crippen molar-refractivity contribution >= 4 is 5.69 Å². The Balaban J connectivity index is 2.10. The first-order chi connectivity index (χ1) is 10.4. The molecular weight excluding hydrogens is 270 g/mol. The van der Waals surface area contributed by atoms with Crippen LogP contribution in [0.1, 0.15) is 49.1 Å². The molecule has 118 valence electrons. The normalized spacial score (nSPS) is 12.5. The van der Waals surface area contributed by atoms with Crippen LogP contribution in [0.4, 0.5) is 5.69 Å². The Morgan fingerprint density at radius 3 is 2.00 bits per heavy atom. The molecule has 2 aromatic rings. The number of aryl methyl sites for hydroxylation is 2. The van der Waals surface area contributed by atoms with Crippen molar-refractivity contribution in [3.63, 3.8) is 0 Å². The van der Waals surface area contributed by atoms with Gasteiger partial charge in [-0.05, 0) is 67.5 Å². The molecule has 22 heavy (non-hydrogen) atoms. The Bertz CT molecular complexity index is 606. The summed E-state index contributed by atoms with van der Waals surface area (Å²) < 4.78 is 6.08. The van der Waals surface area contributed by atoms with Crippen LogP contribution in [0, 0.1) is 19.8 Å². The van der Waals surface area contributed by atoms with E-state index in [9.17, 15) is 0 Å². The number of nitrogen functional groups attached to an aromatic ring is 1. The van der Waals surface area contributed by atoms with E-state index in [1.54, 1.807) is 0 Å². The van der Waals surface area contributed by atoms with Crippen LogP contribution in [0.25, 0.3) is 0 Å². The van der Waals surface area contributed by atoms with Crippen LogP contribution in [0.5, 0.6) is 5.75 Å².